The first-order chi connectivity index (χ1) is 14.6. The van der Waals surface area contributed by atoms with E-state index in [9.17, 15) is 21.6 Å². The molecule has 0 saturated carbocycles. The lowest BCUT2D eigenvalue weighted by atomic mass is 10.1. The second kappa shape index (κ2) is 8.04. The highest BCUT2D eigenvalue weighted by molar-refractivity contribution is 7.92. The molecule has 0 bridgehead atoms. The zero-order valence-corrected chi connectivity index (χ0v) is 18.4. The topological polar surface area (TPSA) is 119 Å². The van der Waals surface area contributed by atoms with E-state index in [1.54, 1.807) is 19.2 Å². The fourth-order valence-corrected chi connectivity index (χ4v) is 6.41. The molecule has 1 atom stereocenters. The van der Waals surface area contributed by atoms with Gasteiger partial charge in [0.05, 0.1) is 16.4 Å². The van der Waals surface area contributed by atoms with Crippen molar-refractivity contribution in [3.63, 3.8) is 0 Å². The molecule has 31 heavy (non-hydrogen) atoms. The zero-order valence-electron chi connectivity index (χ0n) is 16.8. The molecular weight excluding hydrogens is 444 g/mol. The summed E-state index contributed by atoms with van der Waals surface area (Å²) in [5.41, 5.74) is 0.474. The molecule has 1 fully saturated rings. The molecule has 166 valence electrons. The number of carbonyl (C=O) groups excluding carboxylic acids is 1. The Morgan fingerprint density at radius 1 is 1.10 bits per heavy atom. The SMILES string of the molecule is CN(C(=O)c1cccc(NS(=O)(=O)c2ccc3c(c2)OCCO3)c1)[C@H]1CCS(=O)(=O)C1. The largest absolute Gasteiger partial charge is 0.486 e. The van der Waals surface area contributed by atoms with Gasteiger partial charge in [-0.2, -0.15) is 0 Å². The van der Waals surface area contributed by atoms with Crippen LogP contribution < -0.4 is 14.2 Å². The van der Waals surface area contributed by atoms with Crippen molar-refractivity contribution >= 4 is 31.5 Å². The van der Waals surface area contributed by atoms with E-state index in [0.29, 0.717) is 31.1 Å². The summed E-state index contributed by atoms with van der Waals surface area (Å²) in [6, 6.07) is 10.0. The average Bonchev–Trinajstić information content (AvgIpc) is 3.12. The van der Waals surface area contributed by atoms with E-state index >= 15 is 0 Å². The molecule has 9 nitrogen and oxygen atoms in total. The maximum atomic E-state index is 12.8. The molecule has 1 N–H and O–H groups in total. The van der Waals surface area contributed by atoms with Gasteiger partial charge in [0.1, 0.15) is 13.2 Å². The molecule has 4 rings (SSSR count). The number of benzene rings is 2. The summed E-state index contributed by atoms with van der Waals surface area (Å²) >= 11 is 0. The van der Waals surface area contributed by atoms with Crippen molar-refractivity contribution in [1.82, 2.24) is 4.90 Å². The van der Waals surface area contributed by atoms with Crippen molar-refractivity contribution < 1.29 is 31.1 Å². The van der Waals surface area contributed by atoms with Crippen molar-refractivity contribution in [2.75, 3.05) is 36.5 Å². The number of anilines is 1. The van der Waals surface area contributed by atoms with Crippen LogP contribution in [0.1, 0.15) is 16.8 Å². The van der Waals surface area contributed by atoms with E-state index in [1.165, 1.54) is 35.2 Å². The highest BCUT2D eigenvalue weighted by Crippen LogP contribution is 2.32. The smallest absolute Gasteiger partial charge is 0.262 e. The van der Waals surface area contributed by atoms with E-state index in [4.69, 9.17) is 9.47 Å². The van der Waals surface area contributed by atoms with Gasteiger partial charge < -0.3 is 14.4 Å². The average molecular weight is 467 g/mol. The van der Waals surface area contributed by atoms with Gasteiger partial charge in [0.2, 0.25) is 0 Å². The maximum Gasteiger partial charge on any atom is 0.262 e. The molecule has 2 aromatic carbocycles. The number of sulfonamides is 1. The molecule has 0 unspecified atom stereocenters. The van der Waals surface area contributed by atoms with Gasteiger partial charge in [0.15, 0.2) is 21.3 Å². The summed E-state index contributed by atoms with van der Waals surface area (Å²) in [6.45, 7) is 0.739. The fourth-order valence-electron chi connectivity index (χ4n) is 3.57. The Hall–Kier alpha value is -2.79. The van der Waals surface area contributed by atoms with Gasteiger partial charge in [-0.1, -0.05) is 6.07 Å². The van der Waals surface area contributed by atoms with Crippen LogP contribution in [-0.2, 0) is 19.9 Å². The minimum absolute atomic E-state index is 0.00163. The first-order valence-corrected chi connectivity index (χ1v) is 13.0. The first-order valence-electron chi connectivity index (χ1n) is 9.65. The summed E-state index contributed by atoms with van der Waals surface area (Å²) in [4.78, 5) is 14.2. The molecule has 2 heterocycles. The number of sulfone groups is 1. The van der Waals surface area contributed by atoms with Crippen molar-refractivity contribution in [2.45, 2.75) is 17.4 Å². The van der Waals surface area contributed by atoms with Crippen LogP contribution >= 0.6 is 0 Å². The summed E-state index contributed by atoms with van der Waals surface area (Å²) in [7, 11) is -5.51. The molecule has 0 radical (unpaired) electrons. The third-order valence-corrected chi connectivity index (χ3v) is 8.39. The summed E-state index contributed by atoms with van der Waals surface area (Å²) in [5.74, 6) is 0.458. The lowest BCUT2D eigenvalue weighted by Crippen LogP contribution is -2.37. The number of carbonyl (C=O) groups is 1. The Balaban J connectivity index is 1.52. The maximum absolute atomic E-state index is 12.8. The van der Waals surface area contributed by atoms with Crippen LogP contribution in [0.25, 0.3) is 0 Å². The molecule has 1 saturated heterocycles. The standard InChI is InChI=1S/C20H22N2O7S2/c1-22(16-7-10-30(24,25)13-16)20(23)14-3-2-4-15(11-14)21-31(26,27)17-5-6-18-19(12-17)29-9-8-28-18/h2-6,11-12,16,21H,7-10,13H2,1H3/t16-/m0/s1. The Labute approximate surface area is 180 Å². The Morgan fingerprint density at radius 2 is 1.84 bits per heavy atom. The van der Waals surface area contributed by atoms with Crippen molar-refractivity contribution in [3.8, 4) is 11.5 Å². The second-order valence-electron chi connectivity index (χ2n) is 7.46. The molecule has 1 amide bonds. The normalized spacial score (nSPS) is 19.6. The number of ether oxygens (including phenoxy) is 2. The molecule has 2 aliphatic heterocycles. The molecular formula is C20H22N2O7S2. The van der Waals surface area contributed by atoms with Gasteiger partial charge in [0, 0.05) is 30.4 Å². The number of amides is 1. The quantitative estimate of drug-likeness (QED) is 0.709. The highest BCUT2D eigenvalue weighted by Gasteiger charge is 2.33. The Morgan fingerprint density at radius 3 is 2.55 bits per heavy atom. The predicted octanol–water partition coefficient (Wildman–Crippen LogP) is 1.52. The molecule has 11 heteroatoms. The molecule has 0 spiro atoms. The number of nitrogens with one attached hydrogen (secondary N) is 1. The number of fused-ring (bicyclic) bond motifs is 1. The third kappa shape index (κ3) is 4.62. The number of nitrogens with zero attached hydrogens (tertiary/aromatic N) is 1. The molecule has 0 aromatic heterocycles. The molecule has 2 aliphatic rings. The van der Waals surface area contributed by atoms with Crippen LogP contribution in [0.4, 0.5) is 5.69 Å². The number of rotatable bonds is 5. The van der Waals surface area contributed by atoms with E-state index in [2.05, 4.69) is 4.72 Å². The van der Waals surface area contributed by atoms with E-state index in [0.717, 1.165) is 0 Å². The van der Waals surface area contributed by atoms with Crippen LogP contribution in [0.2, 0.25) is 0 Å². The Kier molecular flexibility index (Phi) is 5.56. The van der Waals surface area contributed by atoms with Gasteiger partial charge in [-0.25, -0.2) is 16.8 Å². The minimum atomic E-state index is -3.93. The van der Waals surface area contributed by atoms with Crippen molar-refractivity contribution in [3.05, 3.63) is 48.0 Å². The zero-order chi connectivity index (χ0) is 22.2. The molecule has 2 aromatic rings. The summed E-state index contributed by atoms with van der Waals surface area (Å²) < 4.78 is 62.4. The van der Waals surface area contributed by atoms with Crippen LogP contribution in [0.15, 0.2) is 47.4 Å². The third-order valence-electron chi connectivity index (χ3n) is 5.26. The van der Waals surface area contributed by atoms with Gasteiger partial charge >= 0.3 is 0 Å². The van der Waals surface area contributed by atoms with Gasteiger partial charge in [-0.3, -0.25) is 9.52 Å². The van der Waals surface area contributed by atoms with Gasteiger partial charge in [0.25, 0.3) is 15.9 Å². The number of hydrogen-bond acceptors (Lipinski definition) is 7. The lowest BCUT2D eigenvalue weighted by Gasteiger charge is -2.23. The van der Waals surface area contributed by atoms with Crippen LogP contribution in [0, 0.1) is 0 Å². The minimum Gasteiger partial charge on any atom is -0.486 e. The molecule has 0 aliphatic carbocycles. The first kappa shape index (κ1) is 21.4. The Bertz CT molecular complexity index is 1230. The van der Waals surface area contributed by atoms with Gasteiger partial charge in [-0.05, 0) is 36.8 Å². The van der Waals surface area contributed by atoms with E-state index in [1.807, 2.05) is 0 Å². The van der Waals surface area contributed by atoms with Crippen molar-refractivity contribution in [1.29, 1.82) is 0 Å². The van der Waals surface area contributed by atoms with E-state index in [-0.39, 0.29) is 33.6 Å². The lowest BCUT2D eigenvalue weighted by molar-refractivity contribution is 0.0747. The van der Waals surface area contributed by atoms with Gasteiger partial charge in [-0.15, -0.1) is 0 Å². The highest BCUT2D eigenvalue weighted by atomic mass is 32.2. The second-order valence-corrected chi connectivity index (χ2v) is 11.4. The van der Waals surface area contributed by atoms with E-state index < -0.39 is 25.9 Å². The monoisotopic (exact) mass is 466 g/mol. The van der Waals surface area contributed by atoms with Crippen LogP contribution in [0.3, 0.4) is 0 Å². The van der Waals surface area contributed by atoms with Crippen LogP contribution in [-0.4, -0.2) is 65.5 Å². The van der Waals surface area contributed by atoms with Crippen molar-refractivity contribution in [2.24, 2.45) is 0 Å². The summed E-state index contributed by atoms with van der Waals surface area (Å²) in [6.07, 6.45) is 0.390. The summed E-state index contributed by atoms with van der Waals surface area (Å²) in [5, 5.41) is 0. The predicted molar refractivity (Wildman–Crippen MR) is 114 cm³/mol. The van der Waals surface area contributed by atoms with Crippen LogP contribution in [0.5, 0.6) is 11.5 Å². The fraction of sp³-hybridized carbons (Fsp3) is 0.350. The number of hydrogen-bond donors (Lipinski definition) is 1.